The molecule has 0 amide bonds. The first-order valence-electron chi connectivity index (χ1n) is 7.70. The maximum absolute atomic E-state index is 10.1. The Morgan fingerprint density at radius 2 is 1.60 bits per heavy atom. The number of rotatable bonds is 5. The zero-order valence-electron chi connectivity index (χ0n) is 14.6. The lowest BCUT2D eigenvalue weighted by Gasteiger charge is -2.22. The SMILES string of the molecule is COc1ccc(C2=CCc3c(cc(O)c(OC)c3OC)O2)cc1OC. The topological polar surface area (TPSA) is 66.4 Å². The first kappa shape index (κ1) is 16.8. The number of phenolic OH excluding ortho intramolecular Hbond substituents is 1. The Kier molecular flexibility index (Phi) is 4.61. The van der Waals surface area contributed by atoms with Crippen LogP contribution >= 0.6 is 0 Å². The van der Waals surface area contributed by atoms with Gasteiger partial charge in [-0.1, -0.05) is 0 Å². The van der Waals surface area contributed by atoms with Crippen LogP contribution in [-0.2, 0) is 6.42 Å². The van der Waals surface area contributed by atoms with Gasteiger partial charge in [0.05, 0.1) is 28.4 Å². The highest BCUT2D eigenvalue weighted by molar-refractivity contribution is 5.71. The Labute approximate surface area is 146 Å². The number of fused-ring (bicyclic) bond motifs is 1. The average Bonchev–Trinajstić information content (AvgIpc) is 2.65. The summed E-state index contributed by atoms with van der Waals surface area (Å²) in [6, 6.07) is 7.08. The van der Waals surface area contributed by atoms with Gasteiger partial charge in [0.25, 0.3) is 0 Å². The van der Waals surface area contributed by atoms with Crippen molar-refractivity contribution in [3.8, 4) is 34.5 Å². The highest BCUT2D eigenvalue weighted by atomic mass is 16.5. The number of hydrogen-bond donors (Lipinski definition) is 1. The molecule has 6 heteroatoms. The molecule has 0 atom stereocenters. The number of methoxy groups -OCH3 is 4. The minimum absolute atomic E-state index is 0.0355. The summed E-state index contributed by atoms with van der Waals surface area (Å²) in [5, 5.41) is 10.1. The molecule has 2 aromatic rings. The Morgan fingerprint density at radius 1 is 0.880 bits per heavy atom. The van der Waals surface area contributed by atoms with Crippen LogP contribution in [0, 0.1) is 0 Å². The highest BCUT2D eigenvalue weighted by Gasteiger charge is 2.24. The molecule has 0 radical (unpaired) electrons. The van der Waals surface area contributed by atoms with E-state index in [1.165, 1.54) is 20.3 Å². The molecule has 1 aliphatic rings. The molecule has 0 spiro atoms. The predicted molar refractivity (Wildman–Crippen MR) is 93.1 cm³/mol. The van der Waals surface area contributed by atoms with Crippen molar-refractivity contribution in [2.24, 2.45) is 0 Å². The van der Waals surface area contributed by atoms with Crippen LogP contribution in [-0.4, -0.2) is 33.5 Å². The molecule has 2 aromatic carbocycles. The fourth-order valence-corrected chi connectivity index (χ4v) is 2.86. The van der Waals surface area contributed by atoms with Crippen molar-refractivity contribution in [3.63, 3.8) is 0 Å². The number of ether oxygens (including phenoxy) is 5. The smallest absolute Gasteiger partial charge is 0.203 e. The van der Waals surface area contributed by atoms with Crippen molar-refractivity contribution in [1.82, 2.24) is 0 Å². The van der Waals surface area contributed by atoms with Gasteiger partial charge in [-0.2, -0.15) is 0 Å². The van der Waals surface area contributed by atoms with E-state index in [2.05, 4.69) is 0 Å². The van der Waals surface area contributed by atoms with Crippen LogP contribution in [0.15, 0.2) is 30.3 Å². The van der Waals surface area contributed by atoms with E-state index in [0.717, 1.165) is 11.1 Å². The lowest BCUT2D eigenvalue weighted by molar-refractivity contribution is 0.326. The normalized spacial score (nSPS) is 12.6. The maximum atomic E-state index is 10.1. The highest BCUT2D eigenvalue weighted by Crippen LogP contribution is 2.47. The molecular formula is C19H20O6. The third kappa shape index (κ3) is 2.91. The van der Waals surface area contributed by atoms with Gasteiger partial charge in [0.2, 0.25) is 5.75 Å². The fourth-order valence-electron chi connectivity index (χ4n) is 2.86. The Morgan fingerprint density at radius 3 is 2.24 bits per heavy atom. The number of hydrogen-bond acceptors (Lipinski definition) is 6. The van der Waals surface area contributed by atoms with E-state index in [4.69, 9.17) is 23.7 Å². The summed E-state index contributed by atoms with van der Waals surface area (Å²) in [7, 11) is 6.19. The molecule has 0 fully saturated rings. The van der Waals surface area contributed by atoms with Crippen LogP contribution in [0.2, 0.25) is 0 Å². The van der Waals surface area contributed by atoms with E-state index in [1.54, 1.807) is 14.2 Å². The van der Waals surface area contributed by atoms with Crippen molar-refractivity contribution in [1.29, 1.82) is 0 Å². The molecule has 6 nitrogen and oxygen atoms in total. The second-order valence-corrected chi connectivity index (χ2v) is 5.38. The largest absolute Gasteiger partial charge is 0.504 e. The zero-order valence-corrected chi connectivity index (χ0v) is 14.6. The summed E-state index contributed by atoms with van der Waals surface area (Å²) in [6.45, 7) is 0. The van der Waals surface area contributed by atoms with Gasteiger partial charge in [-0.25, -0.2) is 0 Å². The minimum atomic E-state index is -0.0355. The number of benzene rings is 2. The number of phenols is 1. The number of aromatic hydroxyl groups is 1. The van der Waals surface area contributed by atoms with E-state index in [9.17, 15) is 5.11 Å². The minimum Gasteiger partial charge on any atom is -0.504 e. The molecule has 1 heterocycles. The standard InChI is InChI=1S/C19H20O6/c1-21-15-7-5-11(9-17(15)22-2)14-8-6-12-16(25-14)10-13(20)19(24-4)18(12)23-3/h5,7-10,20H,6H2,1-4H3. The molecule has 1 aliphatic heterocycles. The van der Waals surface area contributed by atoms with Gasteiger partial charge < -0.3 is 28.8 Å². The first-order valence-corrected chi connectivity index (χ1v) is 7.70. The Balaban J connectivity index is 1.99. The molecule has 0 saturated heterocycles. The van der Waals surface area contributed by atoms with Gasteiger partial charge in [0, 0.05) is 23.6 Å². The van der Waals surface area contributed by atoms with Crippen molar-refractivity contribution in [2.45, 2.75) is 6.42 Å². The van der Waals surface area contributed by atoms with Crippen LogP contribution in [0.3, 0.4) is 0 Å². The maximum Gasteiger partial charge on any atom is 0.203 e. The lowest BCUT2D eigenvalue weighted by Crippen LogP contribution is -2.07. The molecule has 132 valence electrons. The van der Waals surface area contributed by atoms with E-state index < -0.39 is 0 Å². The summed E-state index contributed by atoms with van der Waals surface area (Å²) in [6.07, 6.45) is 2.53. The summed E-state index contributed by atoms with van der Waals surface area (Å²) in [4.78, 5) is 0. The van der Waals surface area contributed by atoms with Crippen LogP contribution in [0.5, 0.6) is 34.5 Å². The van der Waals surface area contributed by atoms with Crippen LogP contribution in [0.1, 0.15) is 11.1 Å². The summed E-state index contributed by atoms with van der Waals surface area (Å²) in [5.74, 6) is 3.19. The van der Waals surface area contributed by atoms with Gasteiger partial charge in [0.1, 0.15) is 11.5 Å². The van der Waals surface area contributed by atoms with Crippen LogP contribution in [0.25, 0.3) is 5.76 Å². The third-order valence-corrected chi connectivity index (χ3v) is 4.07. The first-order chi connectivity index (χ1) is 12.1. The van der Waals surface area contributed by atoms with Gasteiger partial charge >= 0.3 is 0 Å². The van der Waals surface area contributed by atoms with Gasteiger partial charge in [-0.3, -0.25) is 0 Å². The van der Waals surface area contributed by atoms with Gasteiger partial charge in [-0.15, -0.1) is 0 Å². The average molecular weight is 344 g/mol. The fraction of sp³-hybridized carbons (Fsp3) is 0.263. The quantitative estimate of drug-likeness (QED) is 0.897. The second kappa shape index (κ2) is 6.84. The van der Waals surface area contributed by atoms with E-state index in [-0.39, 0.29) is 5.75 Å². The number of allylic oxidation sites excluding steroid dienone is 1. The monoisotopic (exact) mass is 344 g/mol. The van der Waals surface area contributed by atoms with Crippen LogP contribution in [0.4, 0.5) is 0 Å². The van der Waals surface area contributed by atoms with Crippen LogP contribution < -0.4 is 23.7 Å². The third-order valence-electron chi connectivity index (χ3n) is 4.07. The van der Waals surface area contributed by atoms with Gasteiger partial charge in [-0.05, 0) is 24.3 Å². The van der Waals surface area contributed by atoms with Crippen molar-refractivity contribution in [2.75, 3.05) is 28.4 Å². The molecule has 3 rings (SSSR count). The summed E-state index contributed by atoms with van der Waals surface area (Å²) < 4.78 is 27.2. The van der Waals surface area contributed by atoms with Gasteiger partial charge in [0.15, 0.2) is 23.0 Å². The molecule has 0 aliphatic carbocycles. The molecular weight excluding hydrogens is 324 g/mol. The molecule has 25 heavy (non-hydrogen) atoms. The molecule has 0 unspecified atom stereocenters. The Hall–Kier alpha value is -3.02. The zero-order chi connectivity index (χ0) is 18.0. The second-order valence-electron chi connectivity index (χ2n) is 5.38. The van der Waals surface area contributed by atoms with E-state index in [0.29, 0.717) is 40.9 Å². The molecule has 0 bridgehead atoms. The Bertz CT molecular complexity index is 825. The van der Waals surface area contributed by atoms with Crippen molar-refractivity contribution in [3.05, 3.63) is 41.5 Å². The van der Waals surface area contributed by atoms with E-state index in [1.807, 2.05) is 24.3 Å². The lowest BCUT2D eigenvalue weighted by atomic mass is 10.0. The van der Waals surface area contributed by atoms with Crippen molar-refractivity contribution >= 4 is 5.76 Å². The molecule has 0 saturated carbocycles. The molecule has 0 aromatic heterocycles. The van der Waals surface area contributed by atoms with E-state index >= 15 is 0 Å². The summed E-state index contributed by atoms with van der Waals surface area (Å²) >= 11 is 0. The summed E-state index contributed by atoms with van der Waals surface area (Å²) in [5.41, 5.74) is 1.67. The van der Waals surface area contributed by atoms with Crippen molar-refractivity contribution < 1.29 is 28.8 Å². The molecule has 1 N–H and O–H groups in total. The predicted octanol–water partition coefficient (Wildman–Crippen LogP) is 3.40.